The molecular formula is C12H18N4OS. The number of nitrogens with two attached hydrogens (primary N) is 1. The van der Waals surface area contributed by atoms with Gasteiger partial charge in [-0.1, -0.05) is 0 Å². The average molecular weight is 266 g/mol. The lowest BCUT2D eigenvalue weighted by atomic mass is 10.2. The molecule has 2 aromatic heterocycles. The van der Waals surface area contributed by atoms with Crippen molar-refractivity contribution < 1.29 is 5.11 Å². The van der Waals surface area contributed by atoms with E-state index in [0.717, 1.165) is 23.6 Å². The molecule has 0 aliphatic rings. The summed E-state index contributed by atoms with van der Waals surface area (Å²) in [6, 6.07) is 1.92. The van der Waals surface area contributed by atoms with Crippen LogP contribution < -0.4 is 11.1 Å². The summed E-state index contributed by atoms with van der Waals surface area (Å²) in [4.78, 5) is 0. The summed E-state index contributed by atoms with van der Waals surface area (Å²) in [6.45, 7) is 5.05. The molecule has 0 aliphatic heterocycles. The Balaban J connectivity index is 2.06. The van der Waals surface area contributed by atoms with Gasteiger partial charge in [-0.05, 0) is 36.2 Å². The van der Waals surface area contributed by atoms with Crippen molar-refractivity contribution in [3.63, 3.8) is 0 Å². The van der Waals surface area contributed by atoms with Gasteiger partial charge in [0, 0.05) is 13.1 Å². The Hall–Kier alpha value is -1.53. The Kier molecular flexibility index (Phi) is 3.88. The molecule has 2 heterocycles. The standard InChI is InChI=1S/C12H18N4OS/c1-3-16-12(11(13)8(2)15-16)14-6-10(17)9-4-5-18-7-9/h4-5,7,10,14,17H,3,6,13H2,1-2H3. The average Bonchev–Trinajstić information content (AvgIpc) is 2.97. The first-order valence-corrected chi connectivity index (χ1v) is 6.84. The molecule has 2 aromatic rings. The van der Waals surface area contributed by atoms with Crippen LogP contribution in [0.25, 0.3) is 0 Å². The van der Waals surface area contributed by atoms with Crippen LogP contribution in [0, 0.1) is 6.92 Å². The predicted octanol–water partition coefficient (Wildman–Crippen LogP) is 2.00. The van der Waals surface area contributed by atoms with Crippen molar-refractivity contribution >= 4 is 22.8 Å². The molecule has 1 unspecified atom stereocenters. The van der Waals surface area contributed by atoms with E-state index in [9.17, 15) is 5.11 Å². The zero-order valence-corrected chi connectivity index (χ0v) is 11.4. The highest BCUT2D eigenvalue weighted by Crippen LogP contribution is 2.23. The highest BCUT2D eigenvalue weighted by molar-refractivity contribution is 7.07. The fourth-order valence-corrected chi connectivity index (χ4v) is 2.49. The topological polar surface area (TPSA) is 76.1 Å². The molecule has 0 bridgehead atoms. The second-order valence-electron chi connectivity index (χ2n) is 4.12. The van der Waals surface area contributed by atoms with Crippen molar-refractivity contribution in [1.29, 1.82) is 0 Å². The fraction of sp³-hybridized carbons (Fsp3) is 0.417. The van der Waals surface area contributed by atoms with Crippen LogP contribution in [0.15, 0.2) is 16.8 Å². The molecule has 18 heavy (non-hydrogen) atoms. The number of nitrogen functional groups attached to an aromatic ring is 1. The summed E-state index contributed by atoms with van der Waals surface area (Å²) in [5, 5.41) is 21.4. The maximum Gasteiger partial charge on any atom is 0.148 e. The quantitative estimate of drug-likeness (QED) is 0.773. The van der Waals surface area contributed by atoms with Gasteiger partial charge in [-0.25, -0.2) is 4.68 Å². The second kappa shape index (κ2) is 5.41. The molecule has 98 valence electrons. The summed E-state index contributed by atoms with van der Waals surface area (Å²) in [5.74, 6) is 0.782. The third-order valence-electron chi connectivity index (χ3n) is 2.86. The van der Waals surface area contributed by atoms with Crippen molar-refractivity contribution in [1.82, 2.24) is 9.78 Å². The first-order chi connectivity index (χ1) is 8.63. The number of thiophene rings is 1. The second-order valence-corrected chi connectivity index (χ2v) is 4.90. The van der Waals surface area contributed by atoms with E-state index in [1.165, 1.54) is 0 Å². The van der Waals surface area contributed by atoms with Crippen LogP contribution in [0.2, 0.25) is 0 Å². The number of nitrogens with zero attached hydrogens (tertiary/aromatic N) is 2. The molecule has 0 amide bonds. The molecule has 0 saturated carbocycles. The third kappa shape index (κ3) is 2.49. The molecule has 1 atom stereocenters. The number of hydrogen-bond donors (Lipinski definition) is 3. The highest BCUT2D eigenvalue weighted by Gasteiger charge is 2.13. The van der Waals surface area contributed by atoms with Crippen LogP contribution in [0.1, 0.15) is 24.3 Å². The Morgan fingerprint density at radius 3 is 3.00 bits per heavy atom. The van der Waals surface area contributed by atoms with E-state index in [1.807, 2.05) is 35.4 Å². The van der Waals surface area contributed by atoms with Gasteiger partial charge in [0.25, 0.3) is 0 Å². The molecule has 4 N–H and O–H groups in total. The van der Waals surface area contributed by atoms with E-state index in [-0.39, 0.29) is 0 Å². The van der Waals surface area contributed by atoms with Gasteiger partial charge in [-0.3, -0.25) is 0 Å². The Morgan fingerprint density at radius 2 is 2.39 bits per heavy atom. The maximum atomic E-state index is 10.0. The van der Waals surface area contributed by atoms with Crippen LogP contribution in [0.3, 0.4) is 0 Å². The van der Waals surface area contributed by atoms with Crippen molar-refractivity contribution in [2.75, 3.05) is 17.6 Å². The number of aryl methyl sites for hydroxylation is 2. The summed E-state index contributed by atoms with van der Waals surface area (Å²) < 4.78 is 1.81. The Labute approximate surface area is 110 Å². The lowest BCUT2D eigenvalue weighted by Gasteiger charge is -2.13. The summed E-state index contributed by atoms with van der Waals surface area (Å²) in [6.07, 6.45) is -0.531. The van der Waals surface area contributed by atoms with Gasteiger partial charge >= 0.3 is 0 Å². The summed E-state index contributed by atoms with van der Waals surface area (Å²) in [5.41, 5.74) is 8.34. The number of hydrogen-bond acceptors (Lipinski definition) is 5. The zero-order chi connectivity index (χ0) is 13.1. The minimum absolute atomic E-state index is 0.423. The van der Waals surface area contributed by atoms with E-state index in [4.69, 9.17) is 5.73 Å². The van der Waals surface area contributed by atoms with E-state index in [0.29, 0.717) is 12.2 Å². The number of aliphatic hydroxyl groups is 1. The minimum atomic E-state index is -0.531. The SMILES string of the molecule is CCn1nc(C)c(N)c1NCC(O)c1ccsc1. The lowest BCUT2D eigenvalue weighted by Crippen LogP contribution is -2.15. The lowest BCUT2D eigenvalue weighted by molar-refractivity contribution is 0.192. The molecule has 0 saturated heterocycles. The number of aromatic nitrogens is 2. The number of rotatable bonds is 5. The molecule has 0 aliphatic carbocycles. The number of anilines is 2. The van der Waals surface area contributed by atoms with Crippen LogP contribution in [0.4, 0.5) is 11.5 Å². The Morgan fingerprint density at radius 1 is 1.61 bits per heavy atom. The van der Waals surface area contributed by atoms with Gasteiger partial charge in [0.2, 0.25) is 0 Å². The van der Waals surface area contributed by atoms with Crippen LogP contribution in [-0.4, -0.2) is 21.4 Å². The minimum Gasteiger partial charge on any atom is -0.394 e. The van der Waals surface area contributed by atoms with Crippen LogP contribution >= 0.6 is 11.3 Å². The summed E-state index contributed by atoms with van der Waals surface area (Å²) in [7, 11) is 0. The first kappa shape index (κ1) is 12.9. The van der Waals surface area contributed by atoms with Crippen molar-refractivity contribution in [3.05, 3.63) is 28.1 Å². The van der Waals surface area contributed by atoms with E-state index < -0.39 is 6.10 Å². The largest absolute Gasteiger partial charge is 0.394 e. The smallest absolute Gasteiger partial charge is 0.148 e. The third-order valence-corrected chi connectivity index (χ3v) is 3.57. The Bertz CT molecular complexity index is 506. The zero-order valence-electron chi connectivity index (χ0n) is 10.6. The number of aliphatic hydroxyl groups excluding tert-OH is 1. The van der Waals surface area contributed by atoms with Gasteiger partial charge in [0.1, 0.15) is 5.82 Å². The van der Waals surface area contributed by atoms with Crippen LogP contribution in [0.5, 0.6) is 0 Å². The molecule has 0 radical (unpaired) electrons. The normalized spacial score (nSPS) is 12.6. The molecule has 0 spiro atoms. The van der Waals surface area contributed by atoms with Gasteiger partial charge < -0.3 is 16.2 Å². The number of nitrogens with one attached hydrogen (secondary N) is 1. The van der Waals surface area contributed by atoms with Crippen molar-refractivity contribution in [2.24, 2.45) is 0 Å². The van der Waals surface area contributed by atoms with Gasteiger partial charge in [-0.2, -0.15) is 16.4 Å². The van der Waals surface area contributed by atoms with E-state index in [1.54, 1.807) is 11.3 Å². The predicted molar refractivity (Wildman–Crippen MR) is 74.8 cm³/mol. The van der Waals surface area contributed by atoms with E-state index >= 15 is 0 Å². The monoisotopic (exact) mass is 266 g/mol. The van der Waals surface area contributed by atoms with E-state index in [2.05, 4.69) is 10.4 Å². The fourth-order valence-electron chi connectivity index (χ4n) is 1.79. The molecule has 6 heteroatoms. The molecule has 0 aromatic carbocycles. The van der Waals surface area contributed by atoms with Crippen LogP contribution in [-0.2, 0) is 6.54 Å². The molecule has 0 fully saturated rings. The maximum absolute atomic E-state index is 10.0. The molecule has 5 nitrogen and oxygen atoms in total. The molecular weight excluding hydrogens is 248 g/mol. The highest BCUT2D eigenvalue weighted by atomic mass is 32.1. The van der Waals surface area contributed by atoms with Gasteiger partial charge in [-0.15, -0.1) is 0 Å². The first-order valence-electron chi connectivity index (χ1n) is 5.90. The molecule has 2 rings (SSSR count). The van der Waals surface area contributed by atoms with Gasteiger partial charge in [0.05, 0.1) is 17.5 Å². The summed E-state index contributed by atoms with van der Waals surface area (Å²) >= 11 is 1.57. The van der Waals surface area contributed by atoms with Crippen molar-refractivity contribution in [2.45, 2.75) is 26.5 Å². The van der Waals surface area contributed by atoms with Gasteiger partial charge in [0.15, 0.2) is 0 Å². The van der Waals surface area contributed by atoms with Crippen molar-refractivity contribution in [3.8, 4) is 0 Å².